The Balaban J connectivity index is 0.000000438. The number of nitrogens with zero attached hydrogens (tertiary/aromatic N) is 3. The Morgan fingerprint density at radius 2 is 1.76 bits per heavy atom. The molecule has 0 saturated carbocycles. The van der Waals surface area contributed by atoms with Gasteiger partial charge in [0, 0.05) is 11.1 Å². The van der Waals surface area contributed by atoms with Gasteiger partial charge in [-0.15, -0.1) is 0 Å². The molecule has 1 aromatic heterocycles. The first-order valence-corrected chi connectivity index (χ1v) is 11.6. The van der Waals surface area contributed by atoms with Gasteiger partial charge in [-0.3, -0.25) is 4.18 Å². The van der Waals surface area contributed by atoms with Gasteiger partial charge < -0.3 is 13.9 Å². The molecule has 0 N–H and O–H groups in total. The summed E-state index contributed by atoms with van der Waals surface area (Å²) in [6.07, 6.45) is 1.90. The minimum absolute atomic E-state index is 0.538. The molecule has 0 spiro atoms. The highest BCUT2D eigenvalue weighted by molar-refractivity contribution is 7.99. The average molecular weight is 440 g/mol. The Bertz CT molecular complexity index is 872. The molecule has 0 amide bonds. The van der Waals surface area contributed by atoms with Crippen LogP contribution in [0.15, 0.2) is 52.4 Å². The summed E-state index contributed by atoms with van der Waals surface area (Å²) in [5.41, 5.74) is 1.29. The van der Waals surface area contributed by atoms with Crippen LogP contribution >= 0.6 is 11.8 Å². The molecule has 1 atom stereocenters. The molecule has 29 heavy (non-hydrogen) atoms. The molecule has 160 valence electrons. The van der Waals surface area contributed by atoms with Crippen molar-refractivity contribution in [2.45, 2.75) is 36.6 Å². The van der Waals surface area contributed by atoms with Crippen molar-refractivity contribution in [3.8, 4) is 0 Å². The molecule has 7 nitrogen and oxygen atoms in total. The maximum absolute atomic E-state index is 9.22. The van der Waals surface area contributed by atoms with Gasteiger partial charge in [-0.1, -0.05) is 23.9 Å². The molecule has 9 heteroatoms. The van der Waals surface area contributed by atoms with Crippen LogP contribution in [0.1, 0.15) is 20.8 Å². The zero-order chi connectivity index (χ0) is 21.7. The topological polar surface area (TPSA) is 82.6 Å². The van der Waals surface area contributed by atoms with E-state index in [4.69, 9.17) is 0 Å². The number of anilines is 2. The minimum atomic E-state index is -4.41. The second kappa shape index (κ2) is 9.90. The van der Waals surface area contributed by atoms with E-state index < -0.39 is 10.4 Å². The van der Waals surface area contributed by atoms with Crippen LogP contribution in [0.4, 0.5) is 11.5 Å². The molecular weight excluding hydrogens is 410 g/mol. The van der Waals surface area contributed by atoms with Crippen molar-refractivity contribution in [3.05, 3.63) is 42.6 Å². The lowest BCUT2D eigenvalue weighted by Gasteiger charge is -2.42. The maximum Gasteiger partial charge on any atom is 0.217 e. The van der Waals surface area contributed by atoms with Gasteiger partial charge in [0.05, 0.1) is 44.4 Å². The maximum atomic E-state index is 9.22. The third-order valence-corrected chi connectivity index (χ3v) is 7.05. The summed E-state index contributed by atoms with van der Waals surface area (Å²) in [7, 11) is -1.25. The predicted octanol–water partition coefficient (Wildman–Crippen LogP) is 3.65. The molecule has 2 heterocycles. The largest absolute Gasteiger partial charge is 0.726 e. The smallest absolute Gasteiger partial charge is 0.217 e. The molecule has 0 radical (unpaired) electrons. The van der Waals surface area contributed by atoms with E-state index >= 15 is 0 Å². The second-order valence-corrected chi connectivity index (χ2v) is 9.27. The summed E-state index contributed by atoms with van der Waals surface area (Å²) in [5, 5.41) is 0. The normalized spacial score (nSPS) is 14.3. The number of benzene rings is 1. The van der Waals surface area contributed by atoms with Crippen LogP contribution in [0, 0.1) is 0 Å². The van der Waals surface area contributed by atoms with Gasteiger partial charge in [0.1, 0.15) is 11.9 Å². The fraction of sp³-hybridized carbons (Fsp3) is 0.450. The molecule has 2 aromatic rings. The second-order valence-electron chi connectivity index (χ2n) is 7.04. The van der Waals surface area contributed by atoms with E-state index in [1.54, 1.807) is 0 Å². The lowest BCUT2D eigenvalue weighted by Crippen LogP contribution is -2.54. The summed E-state index contributed by atoms with van der Waals surface area (Å²) in [4.78, 5) is 9.67. The molecule has 0 fully saturated rings. The standard InChI is InChI=1S/C19H26N3S.CH4O4S/c1-5-22(4,6-2)15(3)14-21-16-10-7-8-11-17(16)23-18-12-9-13-20-19(18)21;1-5-6(2,3)4/h7-13,15H,5-6,14H2,1-4H3;1H3,(H,2,3,4)/q+1;/p-1. The van der Waals surface area contributed by atoms with Crippen LogP contribution in [0.25, 0.3) is 0 Å². The number of hydrogen-bond acceptors (Lipinski definition) is 7. The summed E-state index contributed by atoms with van der Waals surface area (Å²) in [5.74, 6) is 1.10. The monoisotopic (exact) mass is 439 g/mol. The Hall–Kier alpha value is -1.65. The van der Waals surface area contributed by atoms with Gasteiger partial charge in [-0.2, -0.15) is 0 Å². The summed E-state index contributed by atoms with van der Waals surface area (Å²) in [6.45, 7) is 10.2. The van der Waals surface area contributed by atoms with Crippen molar-refractivity contribution in [1.82, 2.24) is 4.98 Å². The van der Waals surface area contributed by atoms with Gasteiger partial charge in [-0.05, 0) is 45.0 Å². The van der Waals surface area contributed by atoms with Crippen LogP contribution in [0.2, 0.25) is 0 Å². The van der Waals surface area contributed by atoms with Gasteiger partial charge in [-0.25, -0.2) is 13.4 Å². The van der Waals surface area contributed by atoms with Gasteiger partial charge in [0.2, 0.25) is 10.4 Å². The quantitative estimate of drug-likeness (QED) is 0.386. The van der Waals surface area contributed by atoms with Crippen molar-refractivity contribution >= 4 is 33.7 Å². The SMILES string of the molecule is CC[N+](C)(CC)C(C)CN1c2ccccc2Sc2cccnc21.COS(=O)(=O)[O-]. The van der Waals surface area contributed by atoms with E-state index in [1.807, 2.05) is 24.0 Å². The molecule has 0 saturated heterocycles. The molecule has 1 aromatic carbocycles. The minimum Gasteiger partial charge on any atom is -0.726 e. The molecule has 3 rings (SSSR count). The van der Waals surface area contributed by atoms with Crippen molar-refractivity contribution in [1.29, 1.82) is 0 Å². The highest BCUT2D eigenvalue weighted by Crippen LogP contribution is 2.46. The van der Waals surface area contributed by atoms with E-state index in [2.05, 4.69) is 72.2 Å². The highest BCUT2D eigenvalue weighted by Gasteiger charge is 2.31. The fourth-order valence-corrected chi connectivity index (χ4v) is 4.22. The van der Waals surface area contributed by atoms with Crippen molar-refractivity contribution < 1.29 is 21.6 Å². The molecular formula is C20H29N3O4S2. The third-order valence-electron chi connectivity index (χ3n) is 5.54. The lowest BCUT2D eigenvalue weighted by molar-refractivity contribution is -0.926. The number of pyridine rings is 1. The molecule has 1 aliphatic rings. The number of rotatable bonds is 6. The van der Waals surface area contributed by atoms with Crippen molar-refractivity contribution in [2.24, 2.45) is 0 Å². The number of hydrogen-bond donors (Lipinski definition) is 0. The summed E-state index contributed by atoms with van der Waals surface area (Å²) >= 11 is 1.82. The molecule has 1 unspecified atom stereocenters. The summed E-state index contributed by atoms with van der Waals surface area (Å²) < 4.78 is 32.1. The van der Waals surface area contributed by atoms with Crippen molar-refractivity contribution in [2.75, 3.05) is 38.7 Å². The number of quaternary nitrogens is 1. The number of para-hydroxylation sites is 1. The number of fused-ring (bicyclic) bond motifs is 2. The van der Waals surface area contributed by atoms with Crippen molar-refractivity contribution in [3.63, 3.8) is 0 Å². The molecule has 0 bridgehead atoms. The zero-order valence-corrected chi connectivity index (χ0v) is 19.2. The fourth-order valence-electron chi connectivity index (χ4n) is 3.16. The van der Waals surface area contributed by atoms with Crippen LogP contribution in [0.3, 0.4) is 0 Å². The average Bonchev–Trinajstić information content (AvgIpc) is 2.72. The van der Waals surface area contributed by atoms with Gasteiger partial charge >= 0.3 is 0 Å². The van der Waals surface area contributed by atoms with E-state index in [0.29, 0.717) is 6.04 Å². The summed E-state index contributed by atoms with van der Waals surface area (Å²) in [6, 6.07) is 13.4. The first-order valence-electron chi connectivity index (χ1n) is 9.50. The predicted molar refractivity (Wildman–Crippen MR) is 115 cm³/mol. The number of aromatic nitrogens is 1. The Morgan fingerprint density at radius 3 is 2.34 bits per heavy atom. The Labute approximate surface area is 178 Å². The number of likely N-dealkylation sites (N-methyl/N-ethyl adjacent to an activating group) is 1. The van der Waals surface area contributed by atoms with Gasteiger partial charge in [0.25, 0.3) is 0 Å². The zero-order valence-electron chi connectivity index (χ0n) is 17.5. The van der Waals surface area contributed by atoms with E-state index in [0.717, 1.165) is 37.0 Å². The molecule has 1 aliphatic heterocycles. The van der Waals surface area contributed by atoms with Crippen LogP contribution in [0.5, 0.6) is 0 Å². The van der Waals surface area contributed by atoms with Crippen LogP contribution < -0.4 is 4.90 Å². The Morgan fingerprint density at radius 1 is 1.17 bits per heavy atom. The first-order chi connectivity index (χ1) is 13.6. The van der Waals surface area contributed by atoms with Gasteiger partial charge in [0.15, 0.2) is 0 Å². The first kappa shape index (κ1) is 23.6. The van der Waals surface area contributed by atoms with E-state index in [-0.39, 0.29) is 0 Å². The lowest BCUT2D eigenvalue weighted by atomic mass is 10.1. The highest BCUT2D eigenvalue weighted by atomic mass is 32.3. The molecule has 0 aliphatic carbocycles. The van der Waals surface area contributed by atoms with E-state index in [9.17, 15) is 13.0 Å². The Kier molecular flexibility index (Phi) is 8.07. The third kappa shape index (κ3) is 5.93. The van der Waals surface area contributed by atoms with Crippen LogP contribution in [-0.2, 0) is 14.6 Å². The van der Waals surface area contributed by atoms with Crippen LogP contribution in [-0.4, -0.2) is 62.3 Å². The van der Waals surface area contributed by atoms with E-state index in [1.165, 1.54) is 15.5 Å².